The highest BCUT2D eigenvalue weighted by Gasteiger charge is 2.48. The van der Waals surface area contributed by atoms with Crippen molar-refractivity contribution in [3.05, 3.63) is 36.1 Å². The maximum atomic E-state index is 13.3. The fourth-order valence-electron chi connectivity index (χ4n) is 3.17. The van der Waals surface area contributed by atoms with Gasteiger partial charge in [0.15, 0.2) is 5.76 Å². The number of nitrogens with one attached hydrogen (secondary N) is 1. The summed E-state index contributed by atoms with van der Waals surface area (Å²) in [6.45, 7) is 1.08. The Morgan fingerprint density at radius 2 is 1.96 bits per heavy atom. The van der Waals surface area contributed by atoms with Gasteiger partial charge in [0.2, 0.25) is 5.91 Å². The van der Waals surface area contributed by atoms with Crippen LogP contribution in [0.5, 0.6) is 0 Å². The largest absolute Gasteiger partial charge is 0.451 e. The molecular weight excluding hydrogens is 337 g/mol. The van der Waals surface area contributed by atoms with Crippen LogP contribution < -0.4 is 5.32 Å². The molecule has 0 aliphatic carbocycles. The van der Waals surface area contributed by atoms with Gasteiger partial charge < -0.3 is 14.6 Å². The van der Waals surface area contributed by atoms with Crippen LogP contribution >= 0.6 is 0 Å². The zero-order chi connectivity index (χ0) is 18.2. The summed E-state index contributed by atoms with van der Waals surface area (Å²) in [6.07, 6.45) is -4.64. The van der Waals surface area contributed by atoms with E-state index in [1.807, 2.05) is 0 Å². The van der Waals surface area contributed by atoms with Gasteiger partial charge in [-0.1, -0.05) is 18.2 Å². The third-order valence-corrected chi connectivity index (χ3v) is 4.26. The first-order valence-corrected chi connectivity index (χ1v) is 7.89. The molecule has 5 nitrogen and oxygen atoms in total. The van der Waals surface area contributed by atoms with Crippen molar-refractivity contribution in [2.24, 2.45) is 0 Å². The van der Waals surface area contributed by atoms with E-state index in [4.69, 9.17) is 4.42 Å². The summed E-state index contributed by atoms with van der Waals surface area (Å²) >= 11 is 0. The number of nitrogens with zero attached hydrogens (tertiary/aromatic N) is 1. The standard InChI is InChI=1S/C17H17F3N2O3/c1-10(23)21-12-6-7-15(17(18,19)20)22(9-12)16(24)14-8-11-4-2-3-5-13(11)25-14/h2-5,8,12,15H,6-7,9H2,1H3,(H,21,23)/t12-,15+/m1/s1. The monoisotopic (exact) mass is 354 g/mol. The van der Waals surface area contributed by atoms with Crippen molar-refractivity contribution in [2.45, 2.75) is 38.0 Å². The molecule has 134 valence electrons. The number of para-hydroxylation sites is 1. The van der Waals surface area contributed by atoms with Gasteiger partial charge in [0, 0.05) is 24.9 Å². The highest BCUT2D eigenvalue weighted by molar-refractivity contribution is 5.96. The van der Waals surface area contributed by atoms with Gasteiger partial charge in [-0.25, -0.2) is 0 Å². The Morgan fingerprint density at radius 1 is 1.24 bits per heavy atom. The number of piperidine rings is 1. The number of benzene rings is 1. The lowest BCUT2D eigenvalue weighted by Gasteiger charge is -2.40. The van der Waals surface area contributed by atoms with Gasteiger partial charge in [-0.3, -0.25) is 9.59 Å². The number of fused-ring (bicyclic) bond motifs is 1. The number of hydrogen-bond donors (Lipinski definition) is 1. The van der Waals surface area contributed by atoms with Crippen molar-refractivity contribution in [2.75, 3.05) is 6.54 Å². The van der Waals surface area contributed by atoms with Crippen LogP contribution in [-0.2, 0) is 4.79 Å². The van der Waals surface area contributed by atoms with Crippen LogP contribution in [0.2, 0.25) is 0 Å². The fourth-order valence-corrected chi connectivity index (χ4v) is 3.17. The first-order chi connectivity index (χ1) is 11.8. The van der Waals surface area contributed by atoms with E-state index in [9.17, 15) is 22.8 Å². The van der Waals surface area contributed by atoms with Crippen LogP contribution in [0.3, 0.4) is 0 Å². The molecule has 1 fully saturated rings. The van der Waals surface area contributed by atoms with Crippen molar-refractivity contribution in [1.82, 2.24) is 10.2 Å². The molecule has 0 radical (unpaired) electrons. The van der Waals surface area contributed by atoms with Gasteiger partial charge in [-0.05, 0) is 25.0 Å². The molecule has 2 amide bonds. The molecule has 2 atom stereocenters. The number of rotatable bonds is 2. The summed E-state index contributed by atoms with van der Waals surface area (Å²) in [5.74, 6) is -1.31. The van der Waals surface area contributed by atoms with E-state index in [0.29, 0.717) is 11.0 Å². The van der Waals surface area contributed by atoms with Crippen molar-refractivity contribution in [3.63, 3.8) is 0 Å². The van der Waals surface area contributed by atoms with Crippen molar-refractivity contribution in [1.29, 1.82) is 0 Å². The Morgan fingerprint density at radius 3 is 2.60 bits per heavy atom. The second-order valence-electron chi connectivity index (χ2n) is 6.14. The molecule has 25 heavy (non-hydrogen) atoms. The summed E-state index contributed by atoms with van der Waals surface area (Å²) in [5.41, 5.74) is 0.435. The van der Waals surface area contributed by atoms with E-state index >= 15 is 0 Å². The Labute approximate surface area is 141 Å². The van der Waals surface area contributed by atoms with Crippen LogP contribution in [0.15, 0.2) is 34.7 Å². The second-order valence-corrected chi connectivity index (χ2v) is 6.14. The zero-order valence-corrected chi connectivity index (χ0v) is 13.5. The molecule has 1 aromatic heterocycles. The summed E-state index contributed by atoms with van der Waals surface area (Å²) < 4.78 is 45.5. The molecule has 0 saturated carbocycles. The average Bonchev–Trinajstić information content (AvgIpc) is 2.96. The van der Waals surface area contributed by atoms with Crippen molar-refractivity contribution in [3.8, 4) is 0 Å². The van der Waals surface area contributed by atoms with Crippen LogP contribution in [0.1, 0.15) is 30.3 Å². The molecule has 0 bridgehead atoms. The Balaban J connectivity index is 1.90. The van der Waals surface area contributed by atoms with Gasteiger partial charge in [0.1, 0.15) is 11.6 Å². The first kappa shape index (κ1) is 17.3. The molecule has 1 N–H and O–H groups in total. The summed E-state index contributed by atoms with van der Waals surface area (Å²) in [5, 5.41) is 3.23. The van der Waals surface area contributed by atoms with Crippen LogP contribution in [0, 0.1) is 0 Å². The predicted molar refractivity (Wildman–Crippen MR) is 83.9 cm³/mol. The van der Waals surface area contributed by atoms with E-state index in [1.54, 1.807) is 24.3 Å². The number of hydrogen-bond acceptors (Lipinski definition) is 3. The molecular formula is C17H17F3N2O3. The topological polar surface area (TPSA) is 62.6 Å². The third-order valence-electron chi connectivity index (χ3n) is 4.26. The number of carbonyl (C=O) groups is 2. The summed E-state index contributed by atoms with van der Waals surface area (Å²) in [7, 11) is 0. The highest BCUT2D eigenvalue weighted by atomic mass is 19.4. The summed E-state index contributed by atoms with van der Waals surface area (Å²) in [6, 6.07) is 5.86. The Bertz CT molecular complexity index is 767. The van der Waals surface area contributed by atoms with Crippen molar-refractivity contribution < 1.29 is 27.2 Å². The number of halogens is 3. The molecule has 1 aromatic carbocycles. The molecule has 8 heteroatoms. The Hall–Kier alpha value is -2.51. The van der Waals surface area contributed by atoms with E-state index in [2.05, 4.69) is 5.32 Å². The molecule has 0 spiro atoms. The lowest BCUT2D eigenvalue weighted by atomic mass is 9.97. The lowest BCUT2D eigenvalue weighted by Crippen LogP contribution is -2.58. The SMILES string of the molecule is CC(=O)N[C@@H]1CC[C@@H](C(F)(F)F)N(C(=O)c2cc3ccccc3o2)C1. The lowest BCUT2D eigenvalue weighted by molar-refractivity contribution is -0.184. The fraction of sp³-hybridized carbons (Fsp3) is 0.412. The maximum absolute atomic E-state index is 13.3. The number of carbonyl (C=O) groups excluding carboxylic acids is 2. The van der Waals surface area contributed by atoms with Gasteiger partial charge in [-0.2, -0.15) is 13.2 Å². The molecule has 2 heterocycles. The van der Waals surface area contributed by atoms with Crippen LogP contribution in [0.25, 0.3) is 11.0 Å². The Kier molecular flexibility index (Phi) is 4.45. The quantitative estimate of drug-likeness (QED) is 0.901. The second kappa shape index (κ2) is 6.42. The van der Waals surface area contributed by atoms with Gasteiger partial charge in [0.05, 0.1) is 0 Å². The number of alkyl halides is 3. The van der Waals surface area contributed by atoms with Gasteiger partial charge in [0.25, 0.3) is 5.91 Å². The van der Waals surface area contributed by atoms with E-state index in [-0.39, 0.29) is 31.1 Å². The first-order valence-electron chi connectivity index (χ1n) is 7.89. The smallest absolute Gasteiger partial charge is 0.408 e. The maximum Gasteiger partial charge on any atom is 0.408 e. The molecule has 3 rings (SSSR count). The molecule has 0 unspecified atom stereocenters. The zero-order valence-electron chi connectivity index (χ0n) is 13.5. The minimum absolute atomic E-state index is 0.140. The predicted octanol–water partition coefficient (Wildman–Crippen LogP) is 3.10. The molecule has 1 aliphatic rings. The van der Waals surface area contributed by atoms with Crippen LogP contribution in [0.4, 0.5) is 13.2 Å². The third kappa shape index (κ3) is 3.62. The van der Waals surface area contributed by atoms with E-state index in [1.165, 1.54) is 13.0 Å². The number of furan rings is 1. The minimum Gasteiger partial charge on any atom is -0.451 e. The normalized spacial score (nSPS) is 21.4. The average molecular weight is 354 g/mol. The molecule has 2 aromatic rings. The van der Waals surface area contributed by atoms with Crippen LogP contribution in [-0.4, -0.2) is 41.5 Å². The number of amides is 2. The molecule has 1 aliphatic heterocycles. The minimum atomic E-state index is -4.54. The molecule has 1 saturated heterocycles. The van der Waals surface area contributed by atoms with Gasteiger partial charge in [-0.15, -0.1) is 0 Å². The highest BCUT2D eigenvalue weighted by Crippen LogP contribution is 2.33. The number of likely N-dealkylation sites (tertiary alicyclic amines) is 1. The van der Waals surface area contributed by atoms with E-state index in [0.717, 1.165) is 4.90 Å². The van der Waals surface area contributed by atoms with Gasteiger partial charge >= 0.3 is 6.18 Å². The van der Waals surface area contributed by atoms with E-state index < -0.39 is 24.2 Å². The summed E-state index contributed by atoms with van der Waals surface area (Å²) in [4.78, 5) is 24.6. The van der Waals surface area contributed by atoms with Crippen molar-refractivity contribution >= 4 is 22.8 Å².